The van der Waals surface area contributed by atoms with Gasteiger partial charge in [-0.05, 0) is 57.9 Å². The van der Waals surface area contributed by atoms with Crippen LogP contribution in [0.1, 0.15) is 11.3 Å². The fraction of sp³-hybridized carbons (Fsp3) is 0.143. The summed E-state index contributed by atoms with van der Waals surface area (Å²) in [7, 11) is 0. The van der Waals surface area contributed by atoms with Crippen LogP contribution in [-0.4, -0.2) is 23.3 Å². The normalized spacial score (nSPS) is 10.5. The predicted molar refractivity (Wildman–Crippen MR) is 112 cm³/mol. The fourth-order valence-corrected chi connectivity index (χ4v) is 3.15. The maximum Gasteiger partial charge on any atom is 0.244 e. The number of furan rings is 1. The number of hydrogen-bond donors (Lipinski definition) is 1. The first-order chi connectivity index (χ1) is 13.5. The monoisotopic (exact) mass is 460 g/mol. The average Bonchev–Trinajstić information content (AvgIpc) is 3.18. The highest BCUT2D eigenvalue weighted by Gasteiger charge is 2.19. The maximum atomic E-state index is 12.8. The van der Waals surface area contributed by atoms with Gasteiger partial charge in [-0.3, -0.25) is 9.59 Å². The largest absolute Gasteiger partial charge is 0.467 e. The molecular formula is C21H18BrClN2O3. The van der Waals surface area contributed by atoms with Crippen molar-refractivity contribution in [2.75, 3.05) is 11.9 Å². The van der Waals surface area contributed by atoms with Gasteiger partial charge in [-0.2, -0.15) is 0 Å². The molecule has 28 heavy (non-hydrogen) atoms. The number of benzene rings is 2. The van der Waals surface area contributed by atoms with E-state index in [1.165, 1.54) is 4.90 Å². The lowest BCUT2D eigenvalue weighted by atomic mass is 10.1. The number of rotatable bonds is 7. The summed E-state index contributed by atoms with van der Waals surface area (Å²) in [6, 6.07) is 17.9. The van der Waals surface area contributed by atoms with Gasteiger partial charge in [0.1, 0.15) is 12.3 Å². The van der Waals surface area contributed by atoms with E-state index in [4.69, 9.17) is 16.0 Å². The molecule has 3 aromatic rings. The van der Waals surface area contributed by atoms with E-state index in [9.17, 15) is 9.59 Å². The van der Waals surface area contributed by atoms with Gasteiger partial charge in [0.15, 0.2) is 0 Å². The Balaban J connectivity index is 1.70. The number of carbonyl (C=O) groups excluding carboxylic acids is 2. The molecule has 144 valence electrons. The summed E-state index contributed by atoms with van der Waals surface area (Å²) in [6.07, 6.45) is 1.71. The van der Waals surface area contributed by atoms with Crippen LogP contribution < -0.4 is 5.32 Å². The minimum absolute atomic E-state index is 0.0888. The molecule has 1 heterocycles. The lowest BCUT2D eigenvalue weighted by Crippen LogP contribution is -2.38. The van der Waals surface area contributed by atoms with Gasteiger partial charge in [-0.15, -0.1) is 0 Å². The van der Waals surface area contributed by atoms with Crippen LogP contribution in [-0.2, 0) is 22.6 Å². The van der Waals surface area contributed by atoms with E-state index in [2.05, 4.69) is 21.2 Å². The van der Waals surface area contributed by atoms with E-state index in [0.29, 0.717) is 16.5 Å². The van der Waals surface area contributed by atoms with Gasteiger partial charge < -0.3 is 14.6 Å². The van der Waals surface area contributed by atoms with Gasteiger partial charge >= 0.3 is 0 Å². The standard InChI is InChI=1S/C21H18BrClN2O3/c22-18-5-1-2-6-19(18)24-20(26)14-25(13-17-4-3-11-28-17)21(27)12-15-7-9-16(23)10-8-15/h1-11H,12-14H2,(H,24,26). The summed E-state index contributed by atoms with van der Waals surface area (Å²) >= 11 is 9.30. The number of nitrogens with zero attached hydrogens (tertiary/aromatic N) is 1. The third-order valence-corrected chi connectivity index (χ3v) is 4.97. The molecule has 0 aliphatic heterocycles. The van der Waals surface area contributed by atoms with Crippen molar-refractivity contribution in [2.45, 2.75) is 13.0 Å². The Hall–Kier alpha value is -2.57. The Morgan fingerprint density at radius 3 is 2.46 bits per heavy atom. The highest BCUT2D eigenvalue weighted by molar-refractivity contribution is 9.10. The molecule has 0 aliphatic rings. The van der Waals surface area contributed by atoms with Gasteiger partial charge in [-0.25, -0.2) is 0 Å². The molecule has 0 unspecified atom stereocenters. The third kappa shape index (κ3) is 5.71. The molecule has 7 heteroatoms. The lowest BCUT2D eigenvalue weighted by Gasteiger charge is -2.21. The lowest BCUT2D eigenvalue weighted by molar-refractivity contribution is -0.134. The molecule has 1 N–H and O–H groups in total. The number of halogens is 2. The molecule has 3 rings (SSSR count). The molecule has 2 aromatic carbocycles. The number of nitrogens with one attached hydrogen (secondary N) is 1. The molecular weight excluding hydrogens is 444 g/mol. The molecule has 0 radical (unpaired) electrons. The highest BCUT2D eigenvalue weighted by atomic mass is 79.9. The Morgan fingerprint density at radius 2 is 1.79 bits per heavy atom. The van der Waals surface area contributed by atoms with E-state index in [1.807, 2.05) is 18.2 Å². The number of anilines is 1. The first-order valence-corrected chi connectivity index (χ1v) is 9.77. The van der Waals surface area contributed by atoms with Gasteiger partial charge in [0, 0.05) is 9.50 Å². The van der Waals surface area contributed by atoms with Crippen LogP contribution in [0.4, 0.5) is 5.69 Å². The van der Waals surface area contributed by atoms with Gasteiger partial charge in [-0.1, -0.05) is 35.9 Å². The van der Waals surface area contributed by atoms with Crippen LogP contribution in [0.15, 0.2) is 75.8 Å². The van der Waals surface area contributed by atoms with E-state index in [-0.39, 0.29) is 31.3 Å². The number of para-hydroxylation sites is 1. The van der Waals surface area contributed by atoms with Crippen molar-refractivity contribution in [3.05, 3.63) is 87.7 Å². The molecule has 0 fully saturated rings. The topological polar surface area (TPSA) is 62.6 Å². The number of amides is 2. The molecule has 0 saturated carbocycles. The summed E-state index contributed by atoms with van der Waals surface area (Å²) in [4.78, 5) is 26.8. The SMILES string of the molecule is O=C(CN(Cc1ccco1)C(=O)Cc1ccc(Cl)cc1)Nc1ccccc1Br. The second-order valence-electron chi connectivity index (χ2n) is 6.16. The minimum Gasteiger partial charge on any atom is -0.467 e. The Kier molecular flexibility index (Phi) is 6.90. The second-order valence-corrected chi connectivity index (χ2v) is 7.45. The van der Waals surface area contributed by atoms with Crippen molar-refractivity contribution in [3.8, 4) is 0 Å². The van der Waals surface area contributed by atoms with Crippen molar-refractivity contribution in [2.24, 2.45) is 0 Å². The van der Waals surface area contributed by atoms with Crippen LogP contribution in [0, 0.1) is 0 Å². The summed E-state index contributed by atoms with van der Waals surface area (Å²) < 4.78 is 6.12. The highest BCUT2D eigenvalue weighted by Crippen LogP contribution is 2.21. The molecule has 0 bridgehead atoms. The summed E-state index contributed by atoms with van der Waals surface area (Å²) in [5.74, 6) is 0.141. The van der Waals surface area contributed by atoms with E-state index in [0.717, 1.165) is 10.0 Å². The van der Waals surface area contributed by atoms with Crippen molar-refractivity contribution in [1.29, 1.82) is 0 Å². The van der Waals surface area contributed by atoms with E-state index >= 15 is 0 Å². The molecule has 0 aliphatic carbocycles. The fourth-order valence-electron chi connectivity index (χ4n) is 2.64. The molecule has 5 nitrogen and oxygen atoms in total. The van der Waals surface area contributed by atoms with Gasteiger partial charge in [0.2, 0.25) is 11.8 Å². The quantitative estimate of drug-likeness (QED) is 0.544. The average molecular weight is 462 g/mol. The zero-order valence-electron chi connectivity index (χ0n) is 14.9. The predicted octanol–water partition coefficient (Wildman–Crippen LogP) is 4.91. The number of hydrogen-bond acceptors (Lipinski definition) is 3. The van der Waals surface area contributed by atoms with Crippen LogP contribution in [0.5, 0.6) is 0 Å². The third-order valence-electron chi connectivity index (χ3n) is 4.03. The maximum absolute atomic E-state index is 12.8. The summed E-state index contributed by atoms with van der Waals surface area (Å²) in [6.45, 7) is 0.122. The zero-order valence-corrected chi connectivity index (χ0v) is 17.2. The van der Waals surface area contributed by atoms with Crippen molar-refractivity contribution in [3.63, 3.8) is 0 Å². The molecule has 0 saturated heterocycles. The van der Waals surface area contributed by atoms with Crippen LogP contribution in [0.3, 0.4) is 0 Å². The second kappa shape index (κ2) is 9.57. The van der Waals surface area contributed by atoms with Gasteiger partial charge in [0.25, 0.3) is 0 Å². The molecule has 2 amide bonds. The first kappa shape index (κ1) is 20.2. The Labute approximate surface area is 176 Å². The van der Waals surface area contributed by atoms with E-state index < -0.39 is 0 Å². The van der Waals surface area contributed by atoms with Crippen molar-refractivity contribution in [1.82, 2.24) is 4.90 Å². The van der Waals surface area contributed by atoms with Crippen LogP contribution in [0.2, 0.25) is 5.02 Å². The van der Waals surface area contributed by atoms with Crippen molar-refractivity contribution >= 4 is 45.0 Å². The Bertz CT molecular complexity index is 943. The zero-order chi connectivity index (χ0) is 19.9. The van der Waals surface area contributed by atoms with Gasteiger partial charge in [0.05, 0.1) is 24.9 Å². The smallest absolute Gasteiger partial charge is 0.244 e. The minimum atomic E-state index is -0.289. The van der Waals surface area contributed by atoms with Crippen molar-refractivity contribution < 1.29 is 14.0 Å². The summed E-state index contributed by atoms with van der Waals surface area (Å²) in [5.41, 5.74) is 1.47. The molecule has 0 spiro atoms. The van der Waals surface area contributed by atoms with Crippen LogP contribution >= 0.6 is 27.5 Å². The van der Waals surface area contributed by atoms with Crippen LogP contribution in [0.25, 0.3) is 0 Å². The Morgan fingerprint density at radius 1 is 1.04 bits per heavy atom. The first-order valence-electron chi connectivity index (χ1n) is 8.60. The molecule has 0 atom stereocenters. The molecule has 1 aromatic heterocycles. The number of carbonyl (C=O) groups is 2. The van der Waals surface area contributed by atoms with E-state index in [1.54, 1.807) is 48.7 Å². The summed E-state index contributed by atoms with van der Waals surface area (Å²) in [5, 5.41) is 3.43.